The maximum absolute atomic E-state index is 12.0. The zero-order valence-corrected chi connectivity index (χ0v) is 11.5. The standard InChI is InChI=1S/C13H12BrNOS/c14-10-4-1-3-9(7-10)8-11(16)13(15)12-5-2-6-17-12/h1-7,13H,8,15H2. The molecule has 2 N–H and O–H groups in total. The molecule has 0 aliphatic carbocycles. The second-order valence-electron chi connectivity index (χ2n) is 3.77. The molecule has 88 valence electrons. The Kier molecular flexibility index (Phi) is 4.10. The van der Waals surface area contributed by atoms with Gasteiger partial charge in [0.25, 0.3) is 0 Å². The normalized spacial score (nSPS) is 12.4. The summed E-state index contributed by atoms with van der Waals surface area (Å²) in [6.45, 7) is 0. The van der Waals surface area contributed by atoms with E-state index in [-0.39, 0.29) is 5.78 Å². The van der Waals surface area contributed by atoms with E-state index in [9.17, 15) is 4.79 Å². The third-order valence-corrected chi connectivity index (χ3v) is 3.91. The predicted octanol–water partition coefficient (Wildman–Crippen LogP) is 3.32. The lowest BCUT2D eigenvalue weighted by Gasteiger charge is -2.08. The fraction of sp³-hybridized carbons (Fsp3) is 0.154. The molecule has 1 atom stereocenters. The Bertz CT molecular complexity index is 510. The maximum atomic E-state index is 12.0. The Morgan fingerprint density at radius 2 is 2.18 bits per heavy atom. The molecule has 2 rings (SSSR count). The van der Waals surface area contributed by atoms with Crippen molar-refractivity contribution < 1.29 is 4.79 Å². The molecule has 1 aromatic heterocycles. The summed E-state index contributed by atoms with van der Waals surface area (Å²) in [6, 6.07) is 11.0. The van der Waals surface area contributed by atoms with Crippen LogP contribution in [0, 0.1) is 0 Å². The highest BCUT2D eigenvalue weighted by Crippen LogP contribution is 2.20. The first-order chi connectivity index (χ1) is 8.16. The first-order valence-electron chi connectivity index (χ1n) is 5.23. The zero-order chi connectivity index (χ0) is 12.3. The molecule has 2 aromatic rings. The molecule has 0 aliphatic heterocycles. The van der Waals surface area contributed by atoms with Gasteiger partial charge in [0.15, 0.2) is 5.78 Å². The number of nitrogens with two attached hydrogens (primary N) is 1. The van der Waals surface area contributed by atoms with E-state index >= 15 is 0 Å². The highest BCUT2D eigenvalue weighted by molar-refractivity contribution is 9.10. The van der Waals surface area contributed by atoms with Crippen molar-refractivity contribution in [3.8, 4) is 0 Å². The van der Waals surface area contributed by atoms with E-state index < -0.39 is 6.04 Å². The Hall–Kier alpha value is -0.970. The molecule has 0 amide bonds. The summed E-state index contributed by atoms with van der Waals surface area (Å²) in [4.78, 5) is 12.9. The monoisotopic (exact) mass is 309 g/mol. The van der Waals surface area contributed by atoms with Crippen molar-refractivity contribution in [1.82, 2.24) is 0 Å². The number of hydrogen-bond acceptors (Lipinski definition) is 3. The van der Waals surface area contributed by atoms with Crippen LogP contribution < -0.4 is 5.73 Å². The van der Waals surface area contributed by atoms with Crippen molar-refractivity contribution in [3.05, 3.63) is 56.7 Å². The molecule has 0 saturated carbocycles. The number of benzene rings is 1. The molecular weight excluding hydrogens is 298 g/mol. The van der Waals surface area contributed by atoms with Crippen LogP contribution in [0.3, 0.4) is 0 Å². The number of carbonyl (C=O) groups is 1. The van der Waals surface area contributed by atoms with E-state index in [1.807, 2.05) is 41.8 Å². The summed E-state index contributed by atoms with van der Waals surface area (Å²) in [7, 11) is 0. The number of rotatable bonds is 4. The van der Waals surface area contributed by atoms with Crippen LogP contribution in [-0.4, -0.2) is 5.78 Å². The van der Waals surface area contributed by atoms with Crippen LogP contribution in [0.4, 0.5) is 0 Å². The maximum Gasteiger partial charge on any atom is 0.159 e. The molecule has 1 aromatic carbocycles. The summed E-state index contributed by atoms with van der Waals surface area (Å²) < 4.78 is 0.979. The quantitative estimate of drug-likeness (QED) is 0.941. The van der Waals surface area contributed by atoms with Crippen molar-refractivity contribution >= 4 is 33.0 Å². The van der Waals surface area contributed by atoms with Crippen molar-refractivity contribution in [2.45, 2.75) is 12.5 Å². The third-order valence-electron chi connectivity index (χ3n) is 2.46. The minimum atomic E-state index is -0.506. The second kappa shape index (κ2) is 5.58. The molecule has 2 nitrogen and oxygen atoms in total. The average molecular weight is 310 g/mol. The largest absolute Gasteiger partial charge is 0.317 e. The molecule has 17 heavy (non-hydrogen) atoms. The average Bonchev–Trinajstić information content (AvgIpc) is 2.81. The van der Waals surface area contributed by atoms with E-state index in [0.29, 0.717) is 6.42 Å². The summed E-state index contributed by atoms with van der Waals surface area (Å²) in [5.74, 6) is 0.0468. The summed E-state index contributed by atoms with van der Waals surface area (Å²) in [5, 5.41) is 1.93. The van der Waals surface area contributed by atoms with Gasteiger partial charge in [-0.25, -0.2) is 0 Å². The molecule has 0 radical (unpaired) electrons. The van der Waals surface area contributed by atoms with Gasteiger partial charge in [0, 0.05) is 15.8 Å². The Morgan fingerprint density at radius 3 is 2.82 bits per heavy atom. The number of halogens is 1. The van der Waals surface area contributed by atoms with E-state index in [4.69, 9.17) is 5.73 Å². The van der Waals surface area contributed by atoms with Crippen LogP contribution in [0.1, 0.15) is 16.5 Å². The highest BCUT2D eigenvalue weighted by atomic mass is 79.9. The van der Waals surface area contributed by atoms with Gasteiger partial charge in [-0.3, -0.25) is 4.79 Å². The van der Waals surface area contributed by atoms with E-state index in [1.165, 1.54) is 11.3 Å². The fourth-order valence-corrected chi connectivity index (χ4v) is 2.78. The van der Waals surface area contributed by atoms with Gasteiger partial charge in [-0.1, -0.05) is 34.1 Å². The lowest BCUT2D eigenvalue weighted by Crippen LogP contribution is -2.22. The van der Waals surface area contributed by atoms with Crippen LogP contribution in [0.2, 0.25) is 0 Å². The molecule has 4 heteroatoms. The van der Waals surface area contributed by atoms with Gasteiger partial charge in [-0.2, -0.15) is 0 Å². The van der Waals surface area contributed by atoms with Crippen molar-refractivity contribution in [3.63, 3.8) is 0 Å². The van der Waals surface area contributed by atoms with Crippen LogP contribution in [0.15, 0.2) is 46.3 Å². The molecule has 0 saturated heterocycles. The Morgan fingerprint density at radius 1 is 1.35 bits per heavy atom. The zero-order valence-electron chi connectivity index (χ0n) is 9.10. The van der Waals surface area contributed by atoms with Crippen LogP contribution in [-0.2, 0) is 11.2 Å². The second-order valence-corrected chi connectivity index (χ2v) is 5.66. The van der Waals surface area contributed by atoms with Gasteiger partial charge >= 0.3 is 0 Å². The fourth-order valence-electron chi connectivity index (χ4n) is 1.58. The number of carbonyl (C=O) groups excluding carboxylic acids is 1. The number of hydrogen-bond donors (Lipinski definition) is 1. The lowest BCUT2D eigenvalue weighted by atomic mass is 10.0. The van der Waals surface area contributed by atoms with E-state index in [1.54, 1.807) is 0 Å². The van der Waals surface area contributed by atoms with Gasteiger partial charge in [-0.15, -0.1) is 11.3 Å². The molecule has 0 fully saturated rings. The molecule has 0 bridgehead atoms. The minimum absolute atomic E-state index is 0.0468. The number of Topliss-reactive ketones (excluding diaryl/α,β-unsaturated/α-hetero) is 1. The minimum Gasteiger partial charge on any atom is -0.317 e. The van der Waals surface area contributed by atoms with Gasteiger partial charge < -0.3 is 5.73 Å². The summed E-state index contributed by atoms with van der Waals surface area (Å²) in [5.41, 5.74) is 6.90. The third kappa shape index (κ3) is 3.25. The number of ketones is 1. The van der Waals surface area contributed by atoms with Gasteiger partial charge in [0.2, 0.25) is 0 Å². The summed E-state index contributed by atoms with van der Waals surface area (Å²) >= 11 is 4.91. The molecule has 1 unspecified atom stereocenters. The number of thiophene rings is 1. The van der Waals surface area contributed by atoms with Crippen LogP contribution in [0.5, 0.6) is 0 Å². The predicted molar refractivity (Wildman–Crippen MR) is 74.1 cm³/mol. The smallest absolute Gasteiger partial charge is 0.159 e. The molecule has 1 heterocycles. The first kappa shape index (κ1) is 12.5. The Balaban J connectivity index is 2.07. The lowest BCUT2D eigenvalue weighted by molar-refractivity contribution is -0.119. The Labute approximate surface area is 113 Å². The molecule has 0 aliphatic rings. The van der Waals surface area contributed by atoms with Gasteiger partial charge in [-0.05, 0) is 29.1 Å². The van der Waals surface area contributed by atoms with E-state index in [2.05, 4.69) is 15.9 Å². The van der Waals surface area contributed by atoms with Crippen LogP contribution >= 0.6 is 27.3 Å². The summed E-state index contributed by atoms with van der Waals surface area (Å²) in [6.07, 6.45) is 0.374. The van der Waals surface area contributed by atoms with Crippen molar-refractivity contribution in [2.24, 2.45) is 5.73 Å². The first-order valence-corrected chi connectivity index (χ1v) is 6.90. The SMILES string of the molecule is NC(C(=O)Cc1cccc(Br)c1)c1cccs1. The highest BCUT2D eigenvalue weighted by Gasteiger charge is 2.16. The molecular formula is C13H12BrNOS. The van der Waals surface area contributed by atoms with Gasteiger partial charge in [0.05, 0.1) is 6.04 Å². The van der Waals surface area contributed by atoms with Crippen molar-refractivity contribution in [2.75, 3.05) is 0 Å². The topological polar surface area (TPSA) is 43.1 Å². The van der Waals surface area contributed by atoms with Gasteiger partial charge in [0.1, 0.15) is 0 Å². The van der Waals surface area contributed by atoms with Crippen molar-refractivity contribution in [1.29, 1.82) is 0 Å². The molecule has 0 spiro atoms. The van der Waals surface area contributed by atoms with Crippen LogP contribution in [0.25, 0.3) is 0 Å². The van der Waals surface area contributed by atoms with E-state index in [0.717, 1.165) is 14.9 Å².